The molecule has 0 saturated heterocycles. The second-order valence-electron chi connectivity index (χ2n) is 2.84. The number of rotatable bonds is 4. The molecule has 2 amide bonds. The summed E-state index contributed by atoms with van der Waals surface area (Å²) in [4.78, 5) is 22.8. The van der Waals surface area contributed by atoms with Crippen LogP contribution in [0.5, 0.6) is 0 Å². The lowest BCUT2D eigenvalue weighted by atomic mass is 10.1. The minimum Gasteiger partial charge on any atom is -0.370 e. The van der Waals surface area contributed by atoms with Gasteiger partial charge >= 0.3 is 0 Å². The Bertz CT molecular complexity index is 185. The lowest BCUT2D eigenvalue weighted by Crippen LogP contribution is -2.40. The second kappa shape index (κ2) is 6.68. The van der Waals surface area contributed by atoms with E-state index in [1.165, 1.54) is 4.90 Å². The third-order valence-electron chi connectivity index (χ3n) is 1.46. The highest BCUT2D eigenvalue weighted by atomic mass is 35.5. The van der Waals surface area contributed by atoms with Gasteiger partial charge in [0.05, 0.1) is 6.04 Å². The lowest BCUT2D eigenvalue weighted by molar-refractivity contribution is -0.130. The number of primary amides is 1. The van der Waals surface area contributed by atoms with Gasteiger partial charge in [0.1, 0.15) is 0 Å². The van der Waals surface area contributed by atoms with Gasteiger partial charge < -0.3 is 16.4 Å². The van der Waals surface area contributed by atoms with Gasteiger partial charge in [-0.05, 0) is 6.42 Å². The molecule has 0 aliphatic carbocycles. The van der Waals surface area contributed by atoms with Crippen molar-refractivity contribution >= 4 is 24.2 Å². The van der Waals surface area contributed by atoms with Crippen molar-refractivity contribution in [3.8, 4) is 0 Å². The summed E-state index contributed by atoms with van der Waals surface area (Å²) in [6.07, 6.45) is 0.465. The molecule has 1 atom stereocenters. The minimum absolute atomic E-state index is 0. The number of hydrogen-bond acceptors (Lipinski definition) is 3. The van der Waals surface area contributed by atoms with Gasteiger partial charge in [-0.3, -0.25) is 9.59 Å². The maximum absolute atomic E-state index is 11.1. The Morgan fingerprint density at radius 3 is 2.15 bits per heavy atom. The van der Waals surface area contributed by atoms with E-state index >= 15 is 0 Å². The van der Waals surface area contributed by atoms with Crippen molar-refractivity contribution in [2.45, 2.75) is 18.9 Å². The SMILES string of the molecule is CN(C)C(=O)C(N)CCC(N)=O.Cl. The van der Waals surface area contributed by atoms with Crippen LogP contribution in [0.15, 0.2) is 0 Å². The largest absolute Gasteiger partial charge is 0.370 e. The average Bonchev–Trinajstić information content (AvgIpc) is 1.98. The van der Waals surface area contributed by atoms with E-state index in [2.05, 4.69) is 0 Å². The highest BCUT2D eigenvalue weighted by Gasteiger charge is 2.15. The van der Waals surface area contributed by atoms with Crippen molar-refractivity contribution in [3.63, 3.8) is 0 Å². The molecular weight excluding hydrogens is 194 g/mol. The Morgan fingerprint density at radius 2 is 1.85 bits per heavy atom. The average molecular weight is 210 g/mol. The molecule has 0 aliphatic heterocycles. The van der Waals surface area contributed by atoms with E-state index in [1.807, 2.05) is 0 Å². The first kappa shape index (κ1) is 14.7. The van der Waals surface area contributed by atoms with E-state index in [0.29, 0.717) is 6.42 Å². The van der Waals surface area contributed by atoms with E-state index in [0.717, 1.165) is 0 Å². The number of nitrogens with zero attached hydrogens (tertiary/aromatic N) is 1. The highest BCUT2D eigenvalue weighted by Crippen LogP contribution is 1.96. The van der Waals surface area contributed by atoms with Crippen LogP contribution >= 0.6 is 12.4 Å². The monoisotopic (exact) mass is 209 g/mol. The maximum Gasteiger partial charge on any atom is 0.238 e. The zero-order valence-corrected chi connectivity index (χ0v) is 8.63. The third-order valence-corrected chi connectivity index (χ3v) is 1.46. The Hall–Kier alpha value is -0.810. The van der Waals surface area contributed by atoms with Crippen LogP contribution in [0.4, 0.5) is 0 Å². The van der Waals surface area contributed by atoms with E-state index in [-0.39, 0.29) is 24.7 Å². The van der Waals surface area contributed by atoms with Crippen LogP contribution in [0.2, 0.25) is 0 Å². The van der Waals surface area contributed by atoms with Crippen LogP contribution in [-0.2, 0) is 9.59 Å². The van der Waals surface area contributed by atoms with Crippen molar-refractivity contribution in [2.75, 3.05) is 14.1 Å². The highest BCUT2D eigenvalue weighted by molar-refractivity contribution is 5.85. The molecule has 0 aliphatic rings. The number of halogens is 1. The van der Waals surface area contributed by atoms with Gasteiger partial charge in [-0.15, -0.1) is 12.4 Å². The van der Waals surface area contributed by atoms with Gasteiger partial charge in [-0.25, -0.2) is 0 Å². The lowest BCUT2D eigenvalue weighted by Gasteiger charge is -2.15. The van der Waals surface area contributed by atoms with Crippen molar-refractivity contribution in [1.82, 2.24) is 4.90 Å². The zero-order chi connectivity index (χ0) is 9.72. The van der Waals surface area contributed by atoms with Crippen LogP contribution in [0.3, 0.4) is 0 Å². The van der Waals surface area contributed by atoms with Gasteiger partial charge in [-0.2, -0.15) is 0 Å². The van der Waals surface area contributed by atoms with Gasteiger partial charge in [0.15, 0.2) is 0 Å². The van der Waals surface area contributed by atoms with Crippen LogP contribution in [0, 0.1) is 0 Å². The second-order valence-corrected chi connectivity index (χ2v) is 2.84. The summed E-state index contributed by atoms with van der Waals surface area (Å²) >= 11 is 0. The third kappa shape index (κ3) is 6.36. The number of likely N-dealkylation sites (N-methyl/N-ethyl adjacent to an activating group) is 1. The Labute approximate surface area is 83.8 Å². The van der Waals surface area contributed by atoms with Crippen molar-refractivity contribution in [1.29, 1.82) is 0 Å². The Balaban J connectivity index is 0. The van der Waals surface area contributed by atoms with Crippen LogP contribution < -0.4 is 11.5 Å². The summed E-state index contributed by atoms with van der Waals surface area (Å²) < 4.78 is 0. The molecule has 0 radical (unpaired) electrons. The summed E-state index contributed by atoms with van der Waals surface area (Å²) in [5.74, 6) is -0.617. The molecule has 0 aromatic rings. The van der Waals surface area contributed by atoms with Crippen molar-refractivity contribution < 1.29 is 9.59 Å². The molecule has 4 N–H and O–H groups in total. The van der Waals surface area contributed by atoms with Crippen molar-refractivity contribution in [2.24, 2.45) is 11.5 Å². The molecule has 5 nitrogen and oxygen atoms in total. The van der Waals surface area contributed by atoms with E-state index in [9.17, 15) is 9.59 Å². The summed E-state index contributed by atoms with van der Waals surface area (Å²) in [6, 6.07) is -0.618. The topological polar surface area (TPSA) is 89.4 Å². The van der Waals surface area contributed by atoms with E-state index < -0.39 is 11.9 Å². The molecule has 0 aromatic heterocycles. The van der Waals surface area contributed by atoms with Crippen molar-refractivity contribution in [3.05, 3.63) is 0 Å². The molecular formula is C7H16ClN3O2. The molecule has 13 heavy (non-hydrogen) atoms. The molecule has 0 heterocycles. The van der Waals surface area contributed by atoms with E-state index in [4.69, 9.17) is 11.5 Å². The molecule has 1 unspecified atom stereocenters. The first-order chi connectivity index (χ1) is 5.45. The number of carbonyl (C=O) groups is 2. The summed E-state index contributed by atoms with van der Waals surface area (Å²) in [7, 11) is 3.24. The molecule has 0 spiro atoms. The van der Waals surface area contributed by atoms with Gasteiger partial charge in [0, 0.05) is 20.5 Å². The summed E-state index contributed by atoms with van der Waals surface area (Å²) in [6.45, 7) is 0. The smallest absolute Gasteiger partial charge is 0.238 e. The number of carbonyl (C=O) groups excluding carboxylic acids is 2. The number of hydrogen-bond donors (Lipinski definition) is 2. The molecule has 0 aromatic carbocycles. The zero-order valence-electron chi connectivity index (χ0n) is 7.82. The predicted octanol–water partition coefficient (Wildman–Crippen LogP) is -0.911. The van der Waals surface area contributed by atoms with Crippen LogP contribution in [0.1, 0.15) is 12.8 Å². The predicted molar refractivity (Wildman–Crippen MR) is 52.3 cm³/mol. The van der Waals surface area contributed by atoms with Crippen LogP contribution in [-0.4, -0.2) is 36.9 Å². The maximum atomic E-state index is 11.1. The van der Waals surface area contributed by atoms with Crippen LogP contribution in [0.25, 0.3) is 0 Å². The molecule has 0 fully saturated rings. The number of nitrogens with two attached hydrogens (primary N) is 2. The first-order valence-electron chi connectivity index (χ1n) is 3.70. The molecule has 0 saturated carbocycles. The molecule has 0 rings (SSSR count). The standard InChI is InChI=1S/C7H15N3O2.ClH/c1-10(2)7(12)5(8)3-4-6(9)11;/h5H,3-4,8H2,1-2H3,(H2,9,11);1H. The Morgan fingerprint density at radius 1 is 1.38 bits per heavy atom. The van der Waals surface area contributed by atoms with E-state index in [1.54, 1.807) is 14.1 Å². The quantitative estimate of drug-likeness (QED) is 0.628. The summed E-state index contributed by atoms with van der Waals surface area (Å²) in [5, 5.41) is 0. The molecule has 78 valence electrons. The fourth-order valence-electron chi connectivity index (χ4n) is 0.753. The van der Waals surface area contributed by atoms with Gasteiger partial charge in [0.25, 0.3) is 0 Å². The molecule has 0 bridgehead atoms. The normalized spacial score (nSPS) is 11.3. The Kier molecular flexibility index (Phi) is 7.55. The van der Waals surface area contributed by atoms with Gasteiger partial charge in [-0.1, -0.05) is 0 Å². The number of amides is 2. The summed E-state index contributed by atoms with van der Waals surface area (Å²) in [5.41, 5.74) is 10.4. The first-order valence-corrected chi connectivity index (χ1v) is 3.70. The molecule has 6 heteroatoms. The minimum atomic E-state index is -0.618. The van der Waals surface area contributed by atoms with Gasteiger partial charge in [0.2, 0.25) is 11.8 Å². The fourth-order valence-corrected chi connectivity index (χ4v) is 0.753. The fraction of sp³-hybridized carbons (Fsp3) is 0.714.